The fourth-order valence-corrected chi connectivity index (χ4v) is 5.07. The van der Waals surface area contributed by atoms with Crippen LogP contribution in [0, 0.1) is 22.7 Å². The van der Waals surface area contributed by atoms with Crippen molar-refractivity contribution in [2.24, 2.45) is 0 Å². The minimum atomic E-state index is 0.110. The van der Waals surface area contributed by atoms with E-state index in [1.54, 1.807) is 7.11 Å². The Labute approximate surface area is 193 Å². The molecule has 2 aliphatic rings. The topological polar surface area (TPSA) is 88.2 Å². The van der Waals surface area contributed by atoms with Crippen LogP contribution in [0.4, 0.5) is 11.5 Å². The van der Waals surface area contributed by atoms with Gasteiger partial charge in [0.15, 0.2) is 0 Å². The van der Waals surface area contributed by atoms with Crippen molar-refractivity contribution in [1.82, 2.24) is 10.3 Å². The van der Waals surface area contributed by atoms with Crippen molar-refractivity contribution in [3.05, 3.63) is 59.2 Å². The summed E-state index contributed by atoms with van der Waals surface area (Å²) in [5, 5.41) is 25.0. The van der Waals surface area contributed by atoms with Crippen LogP contribution in [0.1, 0.15) is 23.1 Å². The zero-order chi connectivity index (χ0) is 22.8. The molecule has 0 bridgehead atoms. The molecule has 0 radical (unpaired) electrons. The van der Waals surface area contributed by atoms with E-state index < -0.39 is 0 Å². The maximum Gasteiger partial charge on any atom is 0.233 e. The number of anilines is 2. The zero-order valence-corrected chi connectivity index (χ0v) is 18.7. The van der Waals surface area contributed by atoms with Crippen molar-refractivity contribution >= 4 is 22.3 Å². The molecule has 3 heterocycles. The Kier molecular flexibility index (Phi) is 5.73. The minimum absolute atomic E-state index is 0.110. The molecule has 1 unspecified atom stereocenters. The molecule has 0 aliphatic carbocycles. The van der Waals surface area contributed by atoms with Crippen LogP contribution in [-0.2, 0) is 13.0 Å². The lowest BCUT2D eigenvalue weighted by Crippen LogP contribution is -2.51. The molecule has 1 saturated heterocycles. The van der Waals surface area contributed by atoms with Crippen LogP contribution in [0.5, 0.6) is 5.88 Å². The van der Waals surface area contributed by atoms with Gasteiger partial charge in [-0.05, 0) is 17.9 Å². The number of rotatable bonds is 4. The van der Waals surface area contributed by atoms with Gasteiger partial charge in [-0.15, -0.1) is 0 Å². The summed E-state index contributed by atoms with van der Waals surface area (Å²) in [5.74, 6) is 1.27. The molecule has 2 aliphatic heterocycles. The Balaban J connectivity index is 1.57. The van der Waals surface area contributed by atoms with Gasteiger partial charge in [0.25, 0.3) is 0 Å². The molecule has 0 saturated carbocycles. The lowest BCUT2D eigenvalue weighted by molar-refractivity contribution is 0.393. The van der Waals surface area contributed by atoms with Gasteiger partial charge in [0.2, 0.25) is 5.88 Å². The van der Waals surface area contributed by atoms with Gasteiger partial charge < -0.3 is 19.9 Å². The van der Waals surface area contributed by atoms with Gasteiger partial charge in [0.05, 0.1) is 19.6 Å². The van der Waals surface area contributed by atoms with Crippen molar-refractivity contribution in [3.63, 3.8) is 0 Å². The first kappa shape index (κ1) is 21.1. The van der Waals surface area contributed by atoms with E-state index in [9.17, 15) is 5.26 Å². The van der Waals surface area contributed by atoms with E-state index in [1.807, 2.05) is 0 Å². The zero-order valence-electron chi connectivity index (χ0n) is 18.7. The van der Waals surface area contributed by atoms with Crippen molar-refractivity contribution in [2.75, 3.05) is 43.1 Å². The Bertz CT molecular complexity index is 1270. The van der Waals surface area contributed by atoms with Crippen molar-refractivity contribution in [3.8, 4) is 18.0 Å². The summed E-state index contributed by atoms with van der Waals surface area (Å²) < 4.78 is 5.57. The van der Waals surface area contributed by atoms with Gasteiger partial charge in [-0.3, -0.25) is 0 Å². The van der Waals surface area contributed by atoms with Gasteiger partial charge in [0.1, 0.15) is 17.5 Å². The third-order valence-corrected chi connectivity index (χ3v) is 6.64. The number of ether oxygens (including phenoxy) is 1. The smallest absolute Gasteiger partial charge is 0.233 e. The minimum Gasteiger partial charge on any atom is -0.480 e. The molecule has 0 spiro atoms. The number of benzene rings is 2. The lowest BCUT2D eigenvalue weighted by Gasteiger charge is -2.38. The van der Waals surface area contributed by atoms with Crippen molar-refractivity contribution < 1.29 is 4.74 Å². The second-order valence-corrected chi connectivity index (χ2v) is 8.52. The summed E-state index contributed by atoms with van der Waals surface area (Å²) in [6.07, 6.45) is 1.26. The SMILES string of the molecule is COc1nc(N2CCNC(CC#N)C2)c2c(c1C#N)CN(c1cccc3ccccc13)CC2. The van der Waals surface area contributed by atoms with Gasteiger partial charge in [-0.25, -0.2) is 0 Å². The molecule has 5 rings (SSSR count). The van der Waals surface area contributed by atoms with Gasteiger partial charge in [-0.2, -0.15) is 15.5 Å². The standard InChI is InChI=1S/C26H26N6O/c1-33-26-22(15-28)23-17-31(24-8-4-6-18-5-2-3-7-20(18)24)13-10-21(23)25(30-26)32-14-12-29-19(16-32)9-11-27/h2-8,19,29H,9-10,12-14,16-17H2,1H3. The Morgan fingerprint density at radius 2 is 1.94 bits per heavy atom. The number of nitriles is 2. The van der Waals surface area contributed by atoms with Crippen LogP contribution in [0.3, 0.4) is 0 Å². The highest BCUT2D eigenvalue weighted by atomic mass is 16.5. The Morgan fingerprint density at radius 3 is 2.76 bits per heavy atom. The summed E-state index contributed by atoms with van der Waals surface area (Å²) in [6, 6.07) is 19.5. The van der Waals surface area contributed by atoms with Crippen LogP contribution in [0.25, 0.3) is 10.8 Å². The Hall–Kier alpha value is -3.81. The number of nitrogens with zero attached hydrogens (tertiary/aromatic N) is 5. The maximum absolute atomic E-state index is 10.00. The van der Waals surface area contributed by atoms with E-state index in [2.05, 4.69) is 69.7 Å². The highest BCUT2D eigenvalue weighted by Gasteiger charge is 2.30. The summed E-state index contributed by atoms with van der Waals surface area (Å²) in [6.45, 7) is 3.80. The van der Waals surface area contributed by atoms with E-state index in [-0.39, 0.29) is 6.04 Å². The highest BCUT2D eigenvalue weighted by Crippen LogP contribution is 2.38. The Morgan fingerprint density at radius 1 is 1.09 bits per heavy atom. The first-order chi connectivity index (χ1) is 16.2. The van der Waals surface area contributed by atoms with Gasteiger partial charge in [0, 0.05) is 61.0 Å². The summed E-state index contributed by atoms with van der Waals surface area (Å²) in [7, 11) is 1.57. The first-order valence-corrected chi connectivity index (χ1v) is 11.3. The summed E-state index contributed by atoms with van der Waals surface area (Å²) in [5.41, 5.74) is 3.82. The molecular weight excluding hydrogens is 412 g/mol. The monoisotopic (exact) mass is 438 g/mol. The molecule has 33 heavy (non-hydrogen) atoms. The molecule has 1 aromatic heterocycles. The predicted molar refractivity (Wildman–Crippen MR) is 128 cm³/mol. The number of hydrogen-bond donors (Lipinski definition) is 1. The quantitative estimate of drug-likeness (QED) is 0.668. The molecule has 3 aromatic rings. The summed E-state index contributed by atoms with van der Waals surface area (Å²) >= 11 is 0. The molecule has 0 amide bonds. The van der Waals surface area contributed by atoms with Crippen LogP contribution < -0.4 is 19.9 Å². The number of fused-ring (bicyclic) bond motifs is 2. The molecule has 1 N–H and O–H groups in total. The molecular formula is C26H26N6O. The third-order valence-electron chi connectivity index (χ3n) is 6.64. The second-order valence-electron chi connectivity index (χ2n) is 8.52. The normalized spacial score (nSPS) is 17.8. The number of methoxy groups -OCH3 is 1. The number of pyridine rings is 1. The van der Waals surface area contributed by atoms with Crippen LogP contribution in [-0.4, -0.2) is 44.3 Å². The summed E-state index contributed by atoms with van der Waals surface area (Å²) in [4.78, 5) is 9.39. The number of nitrogens with one attached hydrogen (secondary N) is 1. The van der Waals surface area contributed by atoms with Crippen LogP contribution in [0.2, 0.25) is 0 Å². The lowest BCUT2D eigenvalue weighted by atomic mass is 9.94. The van der Waals surface area contributed by atoms with E-state index in [0.717, 1.165) is 49.5 Å². The highest BCUT2D eigenvalue weighted by molar-refractivity contribution is 5.94. The van der Waals surface area contributed by atoms with Gasteiger partial charge >= 0.3 is 0 Å². The van der Waals surface area contributed by atoms with E-state index in [0.29, 0.717) is 24.4 Å². The maximum atomic E-state index is 10.00. The average Bonchev–Trinajstić information content (AvgIpc) is 2.87. The predicted octanol–water partition coefficient (Wildman–Crippen LogP) is 3.37. The fraction of sp³-hybridized carbons (Fsp3) is 0.346. The molecule has 2 aromatic carbocycles. The second kappa shape index (κ2) is 8.97. The molecule has 1 fully saturated rings. The van der Waals surface area contributed by atoms with Crippen molar-refractivity contribution in [2.45, 2.75) is 25.4 Å². The van der Waals surface area contributed by atoms with E-state index >= 15 is 0 Å². The molecule has 1 atom stereocenters. The third kappa shape index (κ3) is 3.82. The molecule has 166 valence electrons. The van der Waals surface area contributed by atoms with Crippen LogP contribution in [0.15, 0.2) is 42.5 Å². The number of hydrogen-bond acceptors (Lipinski definition) is 7. The van der Waals surface area contributed by atoms with Crippen LogP contribution >= 0.6 is 0 Å². The number of piperazine rings is 1. The largest absolute Gasteiger partial charge is 0.480 e. The molecule has 7 nitrogen and oxygen atoms in total. The van der Waals surface area contributed by atoms with E-state index in [4.69, 9.17) is 15.0 Å². The van der Waals surface area contributed by atoms with Gasteiger partial charge in [-0.1, -0.05) is 36.4 Å². The fourth-order valence-electron chi connectivity index (χ4n) is 5.07. The average molecular weight is 439 g/mol. The number of aromatic nitrogens is 1. The van der Waals surface area contributed by atoms with E-state index in [1.165, 1.54) is 16.5 Å². The first-order valence-electron chi connectivity index (χ1n) is 11.3. The molecule has 7 heteroatoms. The van der Waals surface area contributed by atoms with Crippen molar-refractivity contribution in [1.29, 1.82) is 10.5 Å².